The summed E-state index contributed by atoms with van der Waals surface area (Å²) in [4.78, 5) is 15.5. The van der Waals surface area contributed by atoms with Crippen LogP contribution in [-0.2, 0) is 15.6 Å². The van der Waals surface area contributed by atoms with Gasteiger partial charge in [0.2, 0.25) is 0 Å². The highest BCUT2D eigenvalue weighted by Gasteiger charge is 2.30. The van der Waals surface area contributed by atoms with E-state index in [1.165, 1.54) is 20.8 Å². The number of carbonyl (C=O) groups is 1. The van der Waals surface area contributed by atoms with Gasteiger partial charge in [-0.3, -0.25) is 0 Å². The molecule has 3 nitrogen and oxygen atoms in total. The van der Waals surface area contributed by atoms with Gasteiger partial charge in [-0.1, -0.05) is 49.1 Å². The summed E-state index contributed by atoms with van der Waals surface area (Å²) in [5.74, 6) is 0.544. The van der Waals surface area contributed by atoms with Gasteiger partial charge in [-0.05, 0) is 49.2 Å². The maximum absolute atomic E-state index is 11.8. The fraction of sp³-hybridized carbons (Fsp3) is 0.125. The first-order valence-electron chi connectivity index (χ1n) is 9.01. The molecule has 0 aliphatic rings. The Bertz CT molecular complexity index is 890. The van der Waals surface area contributed by atoms with Crippen LogP contribution in [0.25, 0.3) is 0 Å². The maximum Gasteiger partial charge on any atom is 0.514 e. The Morgan fingerprint density at radius 1 is 0.893 bits per heavy atom. The molecule has 3 aromatic rings. The Morgan fingerprint density at radius 3 is 1.86 bits per heavy atom. The Balaban J connectivity index is 2.00. The van der Waals surface area contributed by atoms with Crippen molar-refractivity contribution in [1.29, 1.82) is 0 Å². The smallest absolute Gasteiger partial charge is 0.430 e. The minimum atomic E-state index is -0.719. The normalized spacial score (nSPS) is 10.5. The second-order valence-corrected chi connectivity index (χ2v) is 8.30. The molecule has 0 spiro atoms. The quantitative estimate of drug-likeness (QED) is 0.220. The van der Waals surface area contributed by atoms with E-state index in [-0.39, 0.29) is 17.5 Å². The first-order chi connectivity index (χ1) is 13.6. The van der Waals surface area contributed by atoms with Crippen LogP contribution < -0.4 is 4.74 Å². The molecule has 0 N–H and O–H groups in total. The summed E-state index contributed by atoms with van der Waals surface area (Å²) in [6, 6.07) is 25.1. The molecule has 0 aliphatic carbocycles. The number of ether oxygens (including phenoxy) is 2. The third-order valence-electron chi connectivity index (χ3n) is 4.13. The van der Waals surface area contributed by atoms with E-state index >= 15 is 0 Å². The van der Waals surface area contributed by atoms with Crippen molar-refractivity contribution in [2.75, 3.05) is 6.61 Å². The molecule has 0 heterocycles. The zero-order valence-corrected chi connectivity index (χ0v) is 16.9. The van der Waals surface area contributed by atoms with Crippen molar-refractivity contribution in [3.63, 3.8) is 0 Å². The van der Waals surface area contributed by atoms with E-state index in [0.29, 0.717) is 5.75 Å². The van der Waals surface area contributed by atoms with Crippen LogP contribution >= 0.6 is 0 Å². The summed E-state index contributed by atoms with van der Waals surface area (Å²) in [5, 5.41) is 0. The molecule has 3 rings (SSSR count). The van der Waals surface area contributed by atoms with Crippen molar-refractivity contribution < 1.29 is 14.3 Å². The highest BCUT2D eigenvalue weighted by Crippen LogP contribution is 2.35. The molecule has 0 saturated heterocycles. The molecule has 0 atom stereocenters. The molecule has 142 valence electrons. The Morgan fingerprint density at radius 2 is 1.39 bits per heavy atom. The summed E-state index contributed by atoms with van der Waals surface area (Å²) in [6.45, 7) is 7.55. The van der Waals surface area contributed by atoms with Gasteiger partial charge in [0.25, 0.3) is 0 Å². The van der Waals surface area contributed by atoms with Crippen molar-refractivity contribution in [2.24, 2.45) is 0 Å². The van der Waals surface area contributed by atoms with E-state index in [2.05, 4.69) is 67.2 Å². The van der Waals surface area contributed by atoms with Crippen molar-refractivity contribution in [3.05, 3.63) is 96.6 Å². The molecule has 0 radical (unpaired) electrons. The van der Waals surface area contributed by atoms with Crippen molar-refractivity contribution in [3.8, 4) is 5.75 Å². The predicted octanol–water partition coefficient (Wildman–Crippen LogP) is 6.10. The molecule has 0 bridgehead atoms. The van der Waals surface area contributed by atoms with Crippen LogP contribution in [0.3, 0.4) is 0 Å². The first kappa shape index (κ1) is 19.8. The van der Waals surface area contributed by atoms with Gasteiger partial charge in [-0.2, -0.15) is 0 Å². The lowest BCUT2D eigenvalue weighted by Crippen LogP contribution is -2.13. The van der Waals surface area contributed by atoms with Crippen LogP contribution in [0.15, 0.2) is 100 Å². The zero-order chi connectivity index (χ0) is 19.9. The van der Waals surface area contributed by atoms with E-state index in [9.17, 15) is 4.79 Å². The van der Waals surface area contributed by atoms with E-state index in [1.807, 2.05) is 26.0 Å². The Labute approximate surface area is 169 Å². The van der Waals surface area contributed by atoms with E-state index < -0.39 is 6.16 Å². The van der Waals surface area contributed by atoms with Crippen LogP contribution in [0.5, 0.6) is 5.75 Å². The molecule has 0 aliphatic heterocycles. The largest absolute Gasteiger partial charge is 0.514 e. The SMILES string of the molecule is C=CCOC(=O)Oc1c(C)cc([S+](c2ccccc2)c2ccccc2)cc1C. The highest BCUT2D eigenvalue weighted by atomic mass is 32.2. The van der Waals surface area contributed by atoms with Crippen molar-refractivity contribution >= 4 is 17.1 Å². The van der Waals surface area contributed by atoms with Gasteiger partial charge in [-0.25, -0.2) is 4.79 Å². The van der Waals surface area contributed by atoms with Gasteiger partial charge < -0.3 is 9.47 Å². The van der Waals surface area contributed by atoms with Crippen LogP contribution in [-0.4, -0.2) is 12.8 Å². The molecule has 0 saturated carbocycles. The lowest BCUT2D eigenvalue weighted by Gasteiger charge is -2.13. The maximum atomic E-state index is 11.8. The molecule has 28 heavy (non-hydrogen) atoms. The molecule has 4 heteroatoms. The minimum Gasteiger partial charge on any atom is -0.430 e. The van der Waals surface area contributed by atoms with Crippen LogP contribution in [0, 0.1) is 13.8 Å². The lowest BCUT2D eigenvalue weighted by molar-refractivity contribution is 0.109. The van der Waals surface area contributed by atoms with Crippen molar-refractivity contribution in [1.82, 2.24) is 0 Å². The summed E-state index contributed by atoms with van der Waals surface area (Å²) < 4.78 is 10.4. The minimum absolute atomic E-state index is 0.125. The van der Waals surface area contributed by atoms with Gasteiger partial charge in [0.1, 0.15) is 12.4 Å². The fourth-order valence-electron chi connectivity index (χ4n) is 2.95. The second-order valence-electron chi connectivity index (χ2n) is 6.27. The number of rotatable bonds is 6. The van der Waals surface area contributed by atoms with Gasteiger partial charge in [-0.15, -0.1) is 0 Å². The number of hydrogen-bond donors (Lipinski definition) is 0. The van der Waals surface area contributed by atoms with Crippen LogP contribution in [0.2, 0.25) is 0 Å². The predicted molar refractivity (Wildman–Crippen MR) is 113 cm³/mol. The van der Waals surface area contributed by atoms with E-state index in [4.69, 9.17) is 9.47 Å². The van der Waals surface area contributed by atoms with Gasteiger partial charge >= 0.3 is 6.16 Å². The molecule has 3 aromatic carbocycles. The molecular weight excluding hydrogens is 368 g/mol. The molecule has 0 aromatic heterocycles. The van der Waals surface area contributed by atoms with Gasteiger partial charge in [0, 0.05) is 12.1 Å². The third kappa shape index (κ3) is 4.65. The monoisotopic (exact) mass is 391 g/mol. The third-order valence-corrected chi connectivity index (χ3v) is 6.33. The topological polar surface area (TPSA) is 35.5 Å². The molecule has 0 amide bonds. The molecular formula is C24H23O3S+. The number of hydrogen-bond acceptors (Lipinski definition) is 3. The fourth-order valence-corrected chi connectivity index (χ4v) is 5.21. The van der Waals surface area contributed by atoms with Crippen LogP contribution in [0.4, 0.5) is 4.79 Å². The number of benzene rings is 3. The highest BCUT2D eigenvalue weighted by molar-refractivity contribution is 7.97. The zero-order valence-electron chi connectivity index (χ0n) is 16.1. The Kier molecular flexibility index (Phi) is 6.56. The lowest BCUT2D eigenvalue weighted by atomic mass is 10.1. The first-order valence-corrected chi connectivity index (χ1v) is 10.2. The van der Waals surface area contributed by atoms with Crippen LogP contribution in [0.1, 0.15) is 11.1 Å². The summed E-state index contributed by atoms with van der Waals surface area (Å²) in [6.07, 6.45) is 0.791. The summed E-state index contributed by atoms with van der Waals surface area (Å²) in [7, 11) is -0.246. The summed E-state index contributed by atoms with van der Waals surface area (Å²) >= 11 is 0. The van der Waals surface area contributed by atoms with E-state index in [0.717, 1.165) is 11.1 Å². The Hall–Kier alpha value is -2.98. The standard InChI is InChI=1S/C24H23O3S/c1-4-15-26-24(25)27-23-18(2)16-22(17-19(23)3)28(20-11-7-5-8-12-20)21-13-9-6-10-14-21/h4-14,16-17H,1,15H2,2-3H3/q+1. The van der Waals surface area contributed by atoms with Crippen molar-refractivity contribution in [2.45, 2.75) is 28.5 Å². The average Bonchev–Trinajstić information content (AvgIpc) is 2.71. The molecule has 0 fully saturated rings. The van der Waals surface area contributed by atoms with Gasteiger partial charge in [0.05, 0.1) is 10.9 Å². The second kappa shape index (κ2) is 9.29. The summed E-state index contributed by atoms with van der Waals surface area (Å²) in [5.41, 5.74) is 1.80. The number of carbonyl (C=O) groups excluding carboxylic acids is 1. The molecule has 0 unspecified atom stereocenters. The number of aryl methyl sites for hydroxylation is 2. The van der Waals surface area contributed by atoms with Gasteiger partial charge in [0.15, 0.2) is 14.7 Å². The van der Waals surface area contributed by atoms with E-state index in [1.54, 1.807) is 0 Å². The average molecular weight is 392 g/mol.